The van der Waals surface area contributed by atoms with Crippen LogP contribution in [-0.2, 0) is 20.3 Å². The molecule has 1 heterocycles. The number of nitrogens with two attached hydrogens (primary N) is 1. The average Bonchev–Trinajstić information content (AvgIpc) is 2.38. The second-order valence-electron chi connectivity index (χ2n) is 4.91. The van der Waals surface area contributed by atoms with Crippen LogP contribution in [-0.4, -0.2) is 46.4 Å². The van der Waals surface area contributed by atoms with E-state index >= 15 is 0 Å². The maximum Gasteiger partial charge on any atom is 0.233 e. The third kappa shape index (κ3) is 4.22. The van der Waals surface area contributed by atoms with Gasteiger partial charge in [-0.15, -0.1) is 0 Å². The van der Waals surface area contributed by atoms with E-state index in [2.05, 4.69) is 5.32 Å². The Morgan fingerprint density at radius 3 is 2.58 bits per heavy atom. The van der Waals surface area contributed by atoms with Crippen LogP contribution >= 0.6 is 12.2 Å². The summed E-state index contributed by atoms with van der Waals surface area (Å²) in [6.07, 6.45) is 3.41. The van der Waals surface area contributed by atoms with Crippen LogP contribution in [0.1, 0.15) is 26.2 Å². The number of carbonyl (C=O) groups is 1. The Morgan fingerprint density at radius 1 is 1.53 bits per heavy atom. The number of nitrogens with one attached hydrogen (secondary N) is 1. The zero-order valence-electron chi connectivity index (χ0n) is 11.4. The van der Waals surface area contributed by atoms with Crippen LogP contribution in [0.15, 0.2) is 0 Å². The Balaban J connectivity index is 2.54. The van der Waals surface area contributed by atoms with E-state index in [9.17, 15) is 9.00 Å². The van der Waals surface area contributed by atoms with E-state index in [0.717, 1.165) is 0 Å². The Morgan fingerprint density at radius 2 is 2.11 bits per heavy atom. The molecular weight excluding hydrogens is 284 g/mol. The average molecular weight is 306 g/mol. The molecule has 1 saturated heterocycles. The summed E-state index contributed by atoms with van der Waals surface area (Å²) in [4.78, 5) is 12.5. The number of hydrogen-bond donors (Lipinski definition) is 2. The molecule has 0 saturated carbocycles. The van der Waals surface area contributed by atoms with E-state index in [1.54, 1.807) is 6.26 Å². The maximum atomic E-state index is 12.3. The molecule has 2 atom stereocenters. The summed E-state index contributed by atoms with van der Waals surface area (Å²) in [6.45, 7) is 3.39. The number of ether oxygens (including phenoxy) is 1. The number of thiocarbonyl (C=S) groups is 1. The molecule has 19 heavy (non-hydrogen) atoms. The van der Waals surface area contributed by atoms with Crippen molar-refractivity contribution in [3.05, 3.63) is 0 Å². The lowest BCUT2D eigenvalue weighted by Gasteiger charge is -2.34. The van der Waals surface area contributed by atoms with Gasteiger partial charge >= 0.3 is 0 Å². The van der Waals surface area contributed by atoms with Gasteiger partial charge in [-0.3, -0.25) is 9.00 Å². The van der Waals surface area contributed by atoms with Gasteiger partial charge in [0, 0.05) is 42.1 Å². The van der Waals surface area contributed by atoms with Gasteiger partial charge in [-0.25, -0.2) is 0 Å². The first-order chi connectivity index (χ1) is 8.90. The van der Waals surface area contributed by atoms with Gasteiger partial charge < -0.3 is 15.8 Å². The molecule has 0 bridgehead atoms. The number of rotatable bonds is 6. The smallest absolute Gasteiger partial charge is 0.233 e. The highest BCUT2D eigenvalue weighted by Gasteiger charge is 2.42. The molecule has 3 N–H and O–H groups in total. The predicted molar refractivity (Wildman–Crippen MR) is 80.4 cm³/mol. The first kappa shape index (κ1) is 16.5. The van der Waals surface area contributed by atoms with Crippen molar-refractivity contribution in [2.75, 3.05) is 26.0 Å². The molecule has 0 aromatic heterocycles. The van der Waals surface area contributed by atoms with Gasteiger partial charge in [-0.1, -0.05) is 19.1 Å². The molecule has 5 nitrogen and oxygen atoms in total. The Hall–Kier alpha value is -0.530. The molecule has 0 radical (unpaired) electrons. The highest BCUT2D eigenvalue weighted by molar-refractivity contribution is 7.84. The van der Waals surface area contributed by atoms with Gasteiger partial charge in [0.1, 0.15) is 5.41 Å². The Kier molecular flexibility index (Phi) is 6.35. The molecule has 0 spiro atoms. The zero-order valence-corrected chi connectivity index (χ0v) is 13.1. The van der Waals surface area contributed by atoms with E-state index in [-0.39, 0.29) is 16.1 Å². The fourth-order valence-corrected chi connectivity index (χ4v) is 2.78. The Bertz CT molecular complexity index is 368. The fourth-order valence-electron chi connectivity index (χ4n) is 2.03. The van der Waals surface area contributed by atoms with Crippen molar-refractivity contribution in [1.82, 2.24) is 5.32 Å². The largest absolute Gasteiger partial charge is 0.392 e. The first-order valence-corrected chi connectivity index (χ1v) is 8.41. The molecule has 1 aliphatic heterocycles. The zero-order chi connectivity index (χ0) is 14.5. The topological polar surface area (TPSA) is 81.4 Å². The molecule has 7 heteroatoms. The molecule has 1 amide bonds. The van der Waals surface area contributed by atoms with Crippen LogP contribution < -0.4 is 11.1 Å². The summed E-state index contributed by atoms with van der Waals surface area (Å²) in [5.41, 5.74) is 4.97. The normalized spacial score (nSPS) is 21.4. The summed E-state index contributed by atoms with van der Waals surface area (Å²) < 4.78 is 16.5. The first-order valence-electron chi connectivity index (χ1n) is 6.38. The van der Waals surface area contributed by atoms with Gasteiger partial charge in [-0.2, -0.15) is 0 Å². The number of hydrogen-bond acceptors (Lipinski definition) is 4. The van der Waals surface area contributed by atoms with Gasteiger partial charge in [0.25, 0.3) is 0 Å². The van der Waals surface area contributed by atoms with Crippen molar-refractivity contribution in [2.24, 2.45) is 11.1 Å². The lowest BCUT2D eigenvalue weighted by Crippen LogP contribution is -2.52. The summed E-state index contributed by atoms with van der Waals surface area (Å²) in [7, 11) is -0.871. The summed E-state index contributed by atoms with van der Waals surface area (Å²) >= 11 is 5.06. The van der Waals surface area contributed by atoms with E-state index in [0.29, 0.717) is 39.0 Å². The monoisotopic (exact) mass is 306 g/mol. The molecule has 1 aliphatic rings. The second kappa shape index (κ2) is 7.31. The van der Waals surface area contributed by atoms with E-state index in [1.807, 2.05) is 6.92 Å². The van der Waals surface area contributed by atoms with Gasteiger partial charge in [-0.05, 0) is 19.3 Å². The molecule has 1 fully saturated rings. The van der Waals surface area contributed by atoms with Crippen molar-refractivity contribution < 1.29 is 13.7 Å². The lowest BCUT2D eigenvalue weighted by atomic mass is 9.79. The second-order valence-corrected chi connectivity index (χ2v) is 7.15. The summed E-state index contributed by atoms with van der Waals surface area (Å²) in [6, 6.07) is 0. The summed E-state index contributed by atoms with van der Waals surface area (Å²) in [5, 5.41) is 2.93. The highest BCUT2D eigenvalue weighted by atomic mass is 32.2. The summed E-state index contributed by atoms with van der Waals surface area (Å²) in [5.74, 6) is -0.127. The van der Waals surface area contributed by atoms with Gasteiger partial charge in [0.2, 0.25) is 5.91 Å². The fraction of sp³-hybridized carbons (Fsp3) is 0.833. The molecule has 2 unspecified atom stereocenters. The third-order valence-electron chi connectivity index (χ3n) is 3.66. The third-order valence-corrected chi connectivity index (χ3v) is 5.42. The van der Waals surface area contributed by atoms with Crippen molar-refractivity contribution in [3.63, 3.8) is 0 Å². The minimum atomic E-state index is -0.871. The van der Waals surface area contributed by atoms with Crippen LogP contribution in [0, 0.1) is 5.41 Å². The number of carbonyl (C=O) groups excluding carboxylic acids is 1. The van der Waals surface area contributed by atoms with Crippen LogP contribution in [0.2, 0.25) is 0 Å². The molecule has 0 aliphatic carbocycles. The van der Waals surface area contributed by atoms with E-state index in [4.69, 9.17) is 22.7 Å². The SMILES string of the molecule is CC(CCNC(=O)C1(C(N)=S)CCOCC1)S(C)=O. The van der Waals surface area contributed by atoms with Crippen molar-refractivity contribution in [1.29, 1.82) is 0 Å². The van der Waals surface area contributed by atoms with Crippen LogP contribution in [0.25, 0.3) is 0 Å². The molecule has 110 valence electrons. The van der Waals surface area contributed by atoms with Crippen molar-refractivity contribution in [3.8, 4) is 0 Å². The standard InChI is InChI=1S/C12H22N2O3S2/c1-9(19(2)16)3-6-14-11(15)12(10(13)18)4-7-17-8-5-12/h9H,3-8H2,1-2H3,(H2,13,18)(H,14,15). The number of amides is 1. The van der Waals surface area contributed by atoms with Crippen LogP contribution in [0.4, 0.5) is 0 Å². The van der Waals surface area contributed by atoms with Crippen molar-refractivity contribution in [2.45, 2.75) is 31.4 Å². The van der Waals surface area contributed by atoms with Gasteiger partial charge in [0.15, 0.2) is 0 Å². The quantitative estimate of drug-likeness (QED) is 0.692. The maximum absolute atomic E-state index is 12.3. The molecule has 0 aromatic rings. The molecule has 1 rings (SSSR count). The highest BCUT2D eigenvalue weighted by Crippen LogP contribution is 2.31. The Labute approximate surface area is 122 Å². The minimum Gasteiger partial charge on any atom is -0.392 e. The lowest BCUT2D eigenvalue weighted by molar-refractivity contribution is -0.131. The molecular formula is C12H22N2O3S2. The molecule has 0 aromatic carbocycles. The predicted octanol–water partition coefficient (Wildman–Crippen LogP) is 0.343. The van der Waals surface area contributed by atoms with E-state index < -0.39 is 16.2 Å². The van der Waals surface area contributed by atoms with Gasteiger partial charge in [0.05, 0.1) is 4.99 Å². The van der Waals surface area contributed by atoms with Crippen molar-refractivity contribution >= 4 is 33.9 Å². The van der Waals surface area contributed by atoms with Crippen LogP contribution in [0.5, 0.6) is 0 Å². The minimum absolute atomic E-state index is 0.0655. The van der Waals surface area contributed by atoms with Crippen LogP contribution in [0.3, 0.4) is 0 Å². The van der Waals surface area contributed by atoms with E-state index in [1.165, 1.54) is 0 Å².